The van der Waals surface area contributed by atoms with E-state index < -0.39 is 0 Å². The van der Waals surface area contributed by atoms with Crippen molar-refractivity contribution in [2.75, 3.05) is 50.2 Å². The van der Waals surface area contributed by atoms with Crippen molar-refractivity contribution < 1.29 is 9.47 Å². The standard InChI is InChI=1S/C26H44N6O2/c1-2-3-4-5-6-7-8-12-15-24-30-25(28-17-19-34-21-20-33-18-16-27)32-26(31-24)29-22-23-13-10-9-11-14-23/h9-11,13-14H,2-8,12,15-22,27H2,1H3,(H2,28,29,30,31,32). The van der Waals surface area contributed by atoms with Gasteiger partial charge in [0.05, 0.1) is 26.4 Å². The Labute approximate surface area is 205 Å². The number of ether oxygens (including phenoxy) is 2. The van der Waals surface area contributed by atoms with Crippen LogP contribution in [0.4, 0.5) is 11.9 Å². The number of rotatable bonds is 21. The first kappa shape index (κ1) is 28.0. The summed E-state index contributed by atoms with van der Waals surface area (Å²) in [5.74, 6) is 2.02. The number of unbranched alkanes of at least 4 members (excludes halogenated alkanes) is 7. The van der Waals surface area contributed by atoms with Gasteiger partial charge < -0.3 is 25.8 Å². The molecule has 1 aromatic carbocycles. The fourth-order valence-electron chi connectivity index (χ4n) is 3.52. The molecular weight excluding hydrogens is 428 g/mol. The van der Waals surface area contributed by atoms with Gasteiger partial charge in [0, 0.05) is 26.1 Å². The van der Waals surface area contributed by atoms with Gasteiger partial charge in [0.15, 0.2) is 0 Å². The Kier molecular flexibility index (Phi) is 15.7. The van der Waals surface area contributed by atoms with Gasteiger partial charge in [-0.15, -0.1) is 0 Å². The molecule has 0 spiro atoms. The molecule has 2 rings (SSSR count). The molecule has 1 heterocycles. The van der Waals surface area contributed by atoms with E-state index in [0.717, 1.165) is 18.7 Å². The van der Waals surface area contributed by atoms with Crippen molar-refractivity contribution in [1.82, 2.24) is 15.0 Å². The van der Waals surface area contributed by atoms with Gasteiger partial charge in [0.2, 0.25) is 11.9 Å². The minimum absolute atomic E-state index is 0.531. The maximum atomic E-state index is 5.58. The molecule has 0 aliphatic rings. The third-order valence-electron chi connectivity index (χ3n) is 5.39. The second-order valence-corrected chi connectivity index (χ2v) is 8.40. The topological polar surface area (TPSA) is 107 Å². The van der Waals surface area contributed by atoms with Crippen LogP contribution in [0, 0.1) is 0 Å². The lowest BCUT2D eigenvalue weighted by Crippen LogP contribution is -2.17. The Morgan fingerprint density at radius 3 is 2.09 bits per heavy atom. The summed E-state index contributed by atoms with van der Waals surface area (Å²) in [4.78, 5) is 13.9. The minimum Gasteiger partial charge on any atom is -0.378 e. The van der Waals surface area contributed by atoms with E-state index in [0.29, 0.717) is 58.0 Å². The van der Waals surface area contributed by atoms with Crippen molar-refractivity contribution >= 4 is 11.9 Å². The Morgan fingerprint density at radius 2 is 1.38 bits per heavy atom. The van der Waals surface area contributed by atoms with E-state index in [1.165, 1.54) is 50.5 Å². The average Bonchev–Trinajstić information content (AvgIpc) is 2.86. The fraction of sp³-hybridized carbons (Fsp3) is 0.654. The monoisotopic (exact) mass is 472 g/mol. The molecule has 0 saturated heterocycles. The SMILES string of the molecule is CCCCCCCCCCc1nc(NCCOCCOCCN)nc(NCc2ccccc2)n1. The van der Waals surface area contributed by atoms with Crippen LogP contribution in [0.25, 0.3) is 0 Å². The van der Waals surface area contributed by atoms with Crippen LogP contribution in [0.15, 0.2) is 30.3 Å². The lowest BCUT2D eigenvalue weighted by molar-refractivity contribution is 0.0547. The first-order valence-electron chi connectivity index (χ1n) is 12.9. The molecule has 0 aliphatic heterocycles. The molecule has 34 heavy (non-hydrogen) atoms. The first-order chi connectivity index (χ1) is 16.8. The molecule has 0 unspecified atom stereocenters. The Morgan fingerprint density at radius 1 is 0.735 bits per heavy atom. The van der Waals surface area contributed by atoms with E-state index in [4.69, 9.17) is 15.2 Å². The molecule has 0 radical (unpaired) electrons. The highest BCUT2D eigenvalue weighted by atomic mass is 16.5. The number of nitrogens with zero attached hydrogens (tertiary/aromatic N) is 3. The fourth-order valence-corrected chi connectivity index (χ4v) is 3.52. The van der Waals surface area contributed by atoms with Crippen molar-refractivity contribution in [3.63, 3.8) is 0 Å². The predicted octanol–water partition coefficient (Wildman–Crippen LogP) is 4.57. The summed E-state index contributed by atoms with van der Waals surface area (Å²) in [5, 5.41) is 6.61. The van der Waals surface area contributed by atoms with Crippen molar-refractivity contribution in [3.8, 4) is 0 Å². The zero-order valence-corrected chi connectivity index (χ0v) is 20.9. The zero-order chi connectivity index (χ0) is 24.1. The predicted molar refractivity (Wildman–Crippen MR) is 139 cm³/mol. The molecular formula is C26H44N6O2. The van der Waals surface area contributed by atoms with Crippen LogP contribution >= 0.6 is 0 Å². The van der Waals surface area contributed by atoms with Gasteiger partial charge in [-0.25, -0.2) is 0 Å². The van der Waals surface area contributed by atoms with Crippen LogP contribution in [0.5, 0.6) is 0 Å². The van der Waals surface area contributed by atoms with Crippen molar-refractivity contribution in [2.24, 2.45) is 5.73 Å². The van der Waals surface area contributed by atoms with Crippen LogP contribution in [0.1, 0.15) is 69.7 Å². The average molecular weight is 473 g/mol. The summed E-state index contributed by atoms with van der Waals surface area (Å²) in [7, 11) is 0. The number of nitrogens with one attached hydrogen (secondary N) is 2. The van der Waals surface area contributed by atoms with Crippen LogP contribution in [-0.4, -0.2) is 54.5 Å². The van der Waals surface area contributed by atoms with Crippen LogP contribution in [-0.2, 0) is 22.4 Å². The number of benzene rings is 1. The van der Waals surface area contributed by atoms with E-state index in [9.17, 15) is 0 Å². The van der Waals surface area contributed by atoms with E-state index in [1.807, 2.05) is 18.2 Å². The molecule has 0 saturated carbocycles. The first-order valence-corrected chi connectivity index (χ1v) is 12.9. The van der Waals surface area contributed by atoms with Crippen molar-refractivity contribution in [3.05, 3.63) is 41.7 Å². The zero-order valence-electron chi connectivity index (χ0n) is 20.9. The van der Waals surface area contributed by atoms with Crippen LogP contribution in [0.3, 0.4) is 0 Å². The molecule has 1 aromatic heterocycles. The van der Waals surface area contributed by atoms with Gasteiger partial charge >= 0.3 is 0 Å². The second kappa shape index (κ2) is 19.1. The number of aromatic nitrogens is 3. The summed E-state index contributed by atoms with van der Waals surface area (Å²) in [6.07, 6.45) is 11.1. The number of hydrogen-bond acceptors (Lipinski definition) is 8. The van der Waals surface area contributed by atoms with Gasteiger partial charge in [-0.05, 0) is 12.0 Å². The normalized spacial score (nSPS) is 11.0. The maximum Gasteiger partial charge on any atom is 0.228 e. The summed E-state index contributed by atoms with van der Waals surface area (Å²) in [6, 6.07) is 10.3. The molecule has 0 atom stereocenters. The van der Waals surface area contributed by atoms with E-state index >= 15 is 0 Å². The highest BCUT2D eigenvalue weighted by Crippen LogP contribution is 2.13. The maximum absolute atomic E-state index is 5.58. The third kappa shape index (κ3) is 13.4. The number of anilines is 2. The van der Waals surface area contributed by atoms with Crippen molar-refractivity contribution in [1.29, 1.82) is 0 Å². The number of aryl methyl sites for hydroxylation is 1. The highest BCUT2D eigenvalue weighted by Gasteiger charge is 2.07. The van der Waals surface area contributed by atoms with Gasteiger partial charge in [-0.1, -0.05) is 82.2 Å². The molecule has 0 aliphatic carbocycles. The molecule has 190 valence electrons. The Hall–Kier alpha value is -2.29. The lowest BCUT2D eigenvalue weighted by Gasteiger charge is -2.11. The van der Waals surface area contributed by atoms with Gasteiger partial charge in [0.1, 0.15) is 5.82 Å². The van der Waals surface area contributed by atoms with Gasteiger partial charge in [-0.2, -0.15) is 15.0 Å². The lowest BCUT2D eigenvalue weighted by atomic mass is 10.1. The summed E-state index contributed by atoms with van der Waals surface area (Å²) in [6.45, 7) is 6.30. The summed E-state index contributed by atoms with van der Waals surface area (Å²) < 4.78 is 10.9. The van der Waals surface area contributed by atoms with E-state index in [2.05, 4.69) is 44.6 Å². The summed E-state index contributed by atoms with van der Waals surface area (Å²) in [5.41, 5.74) is 6.59. The summed E-state index contributed by atoms with van der Waals surface area (Å²) >= 11 is 0. The Balaban J connectivity index is 1.80. The number of hydrogen-bond donors (Lipinski definition) is 3. The van der Waals surface area contributed by atoms with E-state index in [1.54, 1.807) is 0 Å². The van der Waals surface area contributed by atoms with E-state index in [-0.39, 0.29) is 0 Å². The van der Waals surface area contributed by atoms with Gasteiger partial charge in [-0.3, -0.25) is 0 Å². The highest BCUT2D eigenvalue weighted by molar-refractivity contribution is 5.35. The van der Waals surface area contributed by atoms with Crippen LogP contribution < -0.4 is 16.4 Å². The quantitative estimate of drug-likeness (QED) is 0.227. The molecule has 2 aromatic rings. The number of nitrogens with two attached hydrogens (primary N) is 1. The molecule has 0 fully saturated rings. The minimum atomic E-state index is 0.531. The Bertz CT molecular complexity index is 709. The second-order valence-electron chi connectivity index (χ2n) is 8.40. The van der Waals surface area contributed by atoms with Crippen molar-refractivity contribution in [2.45, 2.75) is 71.3 Å². The largest absolute Gasteiger partial charge is 0.378 e. The molecule has 0 amide bonds. The molecule has 8 heteroatoms. The molecule has 0 bridgehead atoms. The van der Waals surface area contributed by atoms with Crippen LogP contribution in [0.2, 0.25) is 0 Å². The third-order valence-corrected chi connectivity index (χ3v) is 5.39. The molecule has 4 N–H and O–H groups in total. The smallest absolute Gasteiger partial charge is 0.228 e. The van der Waals surface area contributed by atoms with Gasteiger partial charge in [0.25, 0.3) is 0 Å². The molecule has 8 nitrogen and oxygen atoms in total.